The van der Waals surface area contributed by atoms with Crippen LogP contribution in [0.25, 0.3) is 16.3 Å². The van der Waals surface area contributed by atoms with Crippen molar-refractivity contribution in [3.63, 3.8) is 0 Å². The fraction of sp³-hybridized carbons (Fsp3) is 0.385. The standard InChI is InChI=1S/C13H16N6S/c1-3-8(2)10(14)12-18-19-11(16-17-13(19)20-12)9-5-4-6-15-7-9/h4-8,10H,3,14H2,1-2H3. The van der Waals surface area contributed by atoms with E-state index in [2.05, 4.69) is 34.1 Å². The SMILES string of the molecule is CCC(C)C(N)c1nn2c(-c3cccnc3)nnc2s1. The van der Waals surface area contributed by atoms with Crippen LogP contribution in [0.5, 0.6) is 0 Å². The second kappa shape index (κ2) is 5.26. The average molecular weight is 288 g/mol. The summed E-state index contributed by atoms with van der Waals surface area (Å²) in [6, 6.07) is 3.75. The molecule has 3 aromatic heterocycles. The zero-order valence-electron chi connectivity index (χ0n) is 11.4. The molecule has 0 aliphatic heterocycles. The quantitative estimate of drug-likeness (QED) is 0.796. The Labute approximate surface area is 120 Å². The third kappa shape index (κ3) is 2.19. The van der Waals surface area contributed by atoms with Crippen molar-refractivity contribution in [3.8, 4) is 11.4 Å². The van der Waals surface area contributed by atoms with Gasteiger partial charge in [-0.3, -0.25) is 4.98 Å². The number of aromatic nitrogens is 5. The minimum Gasteiger partial charge on any atom is -0.322 e. The van der Waals surface area contributed by atoms with Crippen LogP contribution in [0.2, 0.25) is 0 Å². The first-order chi connectivity index (χ1) is 9.70. The topological polar surface area (TPSA) is 82.0 Å². The van der Waals surface area contributed by atoms with E-state index in [9.17, 15) is 0 Å². The summed E-state index contributed by atoms with van der Waals surface area (Å²) in [5.74, 6) is 1.09. The van der Waals surface area contributed by atoms with Gasteiger partial charge in [0.15, 0.2) is 5.82 Å². The largest absolute Gasteiger partial charge is 0.322 e. The lowest BCUT2D eigenvalue weighted by Gasteiger charge is -2.14. The Balaban J connectivity index is 2.03. The van der Waals surface area contributed by atoms with Gasteiger partial charge in [0.2, 0.25) is 4.96 Å². The number of fused-ring (bicyclic) bond motifs is 1. The molecule has 7 heteroatoms. The molecule has 0 aliphatic rings. The number of hydrogen-bond donors (Lipinski definition) is 1. The molecule has 0 amide bonds. The van der Waals surface area contributed by atoms with Crippen LogP contribution < -0.4 is 5.73 Å². The van der Waals surface area contributed by atoms with Gasteiger partial charge in [-0.25, -0.2) is 0 Å². The van der Waals surface area contributed by atoms with E-state index in [-0.39, 0.29) is 6.04 Å². The third-order valence-electron chi connectivity index (χ3n) is 3.47. The molecule has 0 radical (unpaired) electrons. The number of nitrogens with zero attached hydrogens (tertiary/aromatic N) is 5. The molecule has 0 fully saturated rings. The Morgan fingerprint density at radius 1 is 1.40 bits per heavy atom. The highest BCUT2D eigenvalue weighted by molar-refractivity contribution is 7.16. The number of hydrogen-bond acceptors (Lipinski definition) is 6. The Hall–Kier alpha value is -1.86. The van der Waals surface area contributed by atoms with E-state index >= 15 is 0 Å². The maximum Gasteiger partial charge on any atom is 0.235 e. The Bertz CT molecular complexity index is 704. The maximum atomic E-state index is 6.23. The van der Waals surface area contributed by atoms with E-state index in [0.29, 0.717) is 11.7 Å². The van der Waals surface area contributed by atoms with E-state index in [1.807, 2.05) is 12.1 Å². The van der Waals surface area contributed by atoms with Gasteiger partial charge in [0.05, 0.1) is 6.04 Å². The van der Waals surface area contributed by atoms with Crippen LogP contribution in [0.15, 0.2) is 24.5 Å². The van der Waals surface area contributed by atoms with Gasteiger partial charge in [-0.2, -0.15) is 9.61 Å². The molecule has 104 valence electrons. The Kier molecular flexibility index (Phi) is 3.45. The van der Waals surface area contributed by atoms with Crippen LogP contribution in [0.1, 0.15) is 31.3 Å². The zero-order chi connectivity index (χ0) is 14.1. The molecule has 3 aromatic rings. The molecule has 3 heterocycles. The summed E-state index contributed by atoms with van der Waals surface area (Å²) in [4.78, 5) is 4.86. The van der Waals surface area contributed by atoms with E-state index < -0.39 is 0 Å². The molecular weight excluding hydrogens is 272 g/mol. The van der Waals surface area contributed by atoms with Gasteiger partial charge < -0.3 is 5.73 Å². The summed E-state index contributed by atoms with van der Waals surface area (Å²) in [6.07, 6.45) is 4.51. The molecule has 3 rings (SSSR count). The van der Waals surface area contributed by atoms with Gasteiger partial charge in [-0.05, 0) is 18.1 Å². The fourth-order valence-electron chi connectivity index (χ4n) is 1.94. The minimum absolute atomic E-state index is 0.0616. The first kappa shape index (κ1) is 13.1. The van der Waals surface area contributed by atoms with Gasteiger partial charge in [0, 0.05) is 18.0 Å². The molecule has 0 aromatic carbocycles. The monoisotopic (exact) mass is 288 g/mol. The van der Waals surface area contributed by atoms with Crippen molar-refractivity contribution < 1.29 is 0 Å². The van der Waals surface area contributed by atoms with Crippen molar-refractivity contribution in [3.05, 3.63) is 29.5 Å². The molecule has 0 aliphatic carbocycles. The molecule has 2 N–H and O–H groups in total. The lowest BCUT2D eigenvalue weighted by molar-refractivity contribution is 0.452. The predicted octanol–water partition coefficient (Wildman–Crippen LogP) is 2.29. The molecule has 0 spiro atoms. The van der Waals surface area contributed by atoms with Crippen LogP contribution in [-0.2, 0) is 0 Å². The lowest BCUT2D eigenvalue weighted by Crippen LogP contribution is -2.18. The van der Waals surface area contributed by atoms with Crippen molar-refractivity contribution in [1.29, 1.82) is 0 Å². The third-order valence-corrected chi connectivity index (χ3v) is 4.47. The average Bonchev–Trinajstić information content (AvgIpc) is 3.06. The first-order valence-electron chi connectivity index (χ1n) is 6.58. The highest BCUT2D eigenvalue weighted by atomic mass is 32.1. The zero-order valence-corrected chi connectivity index (χ0v) is 12.2. The maximum absolute atomic E-state index is 6.23. The molecule has 0 saturated carbocycles. The van der Waals surface area contributed by atoms with Crippen molar-refractivity contribution in [2.45, 2.75) is 26.3 Å². The van der Waals surface area contributed by atoms with Gasteiger partial charge in [-0.1, -0.05) is 31.6 Å². The summed E-state index contributed by atoms with van der Waals surface area (Å²) in [5.41, 5.74) is 7.13. The highest BCUT2D eigenvalue weighted by Crippen LogP contribution is 2.27. The summed E-state index contributed by atoms with van der Waals surface area (Å²) in [5, 5.41) is 13.8. The van der Waals surface area contributed by atoms with Crippen LogP contribution >= 0.6 is 11.3 Å². The number of nitrogens with two attached hydrogens (primary N) is 1. The van der Waals surface area contributed by atoms with Crippen molar-refractivity contribution in [2.75, 3.05) is 0 Å². The van der Waals surface area contributed by atoms with Gasteiger partial charge in [-0.15, -0.1) is 10.2 Å². The van der Waals surface area contributed by atoms with Crippen LogP contribution in [0, 0.1) is 5.92 Å². The molecule has 0 saturated heterocycles. The molecule has 6 nitrogen and oxygen atoms in total. The second-order valence-corrected chi connectivity index (χ2v) is 5.80. The first-order valence-corrected chi connectivity index (χ1v) is 7.40. The lowest BCUT2D eigenvalue weighted by atomic mass is 10.0. The summed E-state index contributed by atoms with van der Waals surface area (Å²) < 4.78 is 1.75. The van der Waals surface area contributed by atoms with Gasteiger partial charge in [0.25, 0.3) is 0 Å². The fourth-order valence-corrected chi connectivity index (χ4v) is 2.91. The summed E-state index contributed by atoms with van der Waals surface area (Å²) in [7, 11) is 0. The van der Waals surface area contributed by atoms with Gasteiger partial charge in [0.1, 0.15) is 5.01 Å². The molecule has 20 heavy (non-hydrogen) atoms. The second-order valence-electron chi connectivity index (χ2n) is 4.81. The smallest absolute Gasteiger partial charge is 0.235 e. The summed E-state index contributed by atoms with van der Waals surface area (Å²) >= 11 is 1.50. The van der Waals surface area contributed by atoms with Crippen LogP contribution in [0.3, 0.4) is 0 Å². The van der Waals surface area contributed by atoms with E-state index in [0.717, 1.165) is 22.0 Å². The van der Waals surface area contributed by atoms with Crippen molar-refractivity contribution in [1.82, 2.24) is 24.8 Å². The molecule has 0 bridgehead atoms. The number of pyridine rings is 1. The normalized spacial score (nSPS) is 14.6. The summed E-state index contributed by atoms with van der Waals surface area (Å²) in [6.45, 7) is 4.26. The Morgan fingerprint density at radius 3 is 2.95 bits per heavy atom. The molecular formula is C13H16N6S. The van der Waals surface area contributed by atoms with Gasteiger partial charge >= 0.3 is 0 Å². The van der Waals surface area contributed by atoms with E-state index in [1.165, 1.54) is 11.3 Å². The Morgan fingerprint density at radius 2 is 2.25 bits per heavy atom. The van der Waals surface area contributed by atoms with Crippen LogP contribution in [0.4, 0.5) is 0 Å². The molecule has 2 unspecified atom stereocenters. The van der Waals surface area contributed by atoms with E-state index in [4.69, 9.17) is 5.73 Å². The number of rotatable bonds is 4. The highest BCUT2D eigenvalue weighted by Gasteiger charge is 2.20. The predicted molar refractivity (Wildman–Crippen MR) is 78.3 cm³/mol. The van der Waals surface area contributed by atoms with E-state index in [1.54, 1.807) is 16.9 Å². The van der Waals surface area contributed by atoms with Crippen molar-refractivity contribution >= 4 is 16.3 Å². The minimum atomic E-state index is -0.0616. The van der Waals surface area contributed by atoms with Crippen molar-refractivity contribution in [2.24, 2.45) is 11.7 Å². The molecule has 2 atom stereocenters. The van der Waals surface area contributed by atoms with Crippen LogP contribution in [-0.4, -0.2) is 24.8 Å².